The van der Waals surface area contributed by atoms with Crippen LogP contribution in [0, 0.1) is 0 Å². The molecule has 0 saturated heterocycles. The van der Waals surface area contributed by atoms with Gasteiger partial charge in [0.05, 0.1) is 13.9 Å². The van der Waals surface area contributed by atoms with Crippen molar-refractivity contribution in [1.29, 1.82) is 0 Å². The van der Waals surface area contributed by atoms with Crippen LogP contribution < -0.4 is 113 Å². The van der Waals surface area contributed by atoms with E-state index in [1.807, 2.05) is 0 Å². The van der Waals surface area contributed by atoms with Gasteiger partial charge >= 0.3 is 103 Å². The molecule has 0 aliphatic heterocycles. The number of hydrogen-bond acceptors (Lipinski definition) is 4. The van der Waals surface area contributed by atoms with E-state index in [-0.39, 0.29) is 103 Å². The van der Waals surface area contributed by atoms with E-state index in [4.69, 9.17) is 0 Å². The molecule has 0 heterocycles. The van der Waals surface area contributed by atoms with Crippen molar-refractivity contribution in [3.05, 3.63) is 0 Å². The van der Waals surface area contributed by atoms with Crippen molar-refractivity contribution in [3.63, 3.8) is 0 Å². The molecule has 7 heteroatoms. The Balaban J connectivity index is -0.000000320. The summed E-state index contributed by atoms with van der Waals surface area (Å²) in [6.45, 7) is 3.27. The molecule has 0 aromatic carbocycles. The first-order valence-electron chi connectivity index (χ1n) is 2.66. The zero-order valence-corrected chi connectivity index (χ0v) is 14.5. The van der Waals surface area contributed by atoms with Crippen molar-refractivity contribution in [2.75, 3.05) is 0 Å². The van der Waals surface area contributed by atoms with Crippen LogP contribution in [-0.4, -0.2) is 6.10 Å². The van der Waals surface area contributed by atoms with E-state index in [1.165, 1.54) is 6.92 Å². The van der Waals surface area contributed by atoms with Gasteiger partial charge in [-0.05, 0) is 13.3 Å². The maximum Gasteiger partial charge on any atom is 1.00 e. The average molecular weight is 230 g/mol. The quantitative estimate of drug-likeness (QED) is 0.357. The van der Waals surface area contributed by atoms with Gasteiger partial charge in [0.2, 0.25) is 0 Å². The van der Waals surface area contributed by atoms with Crippen molar-refractivity contribution in [2.45, 2.75) is 26.4 Å². The van der Waals surface area contributed by atoms with Gasteiger partial charge < -0.3 is 18.9 Å². The molecule has 0 N–H and O–H groups in total. The fourth-order valence-corrected chi connectivity index (χ4v) is 0.885. The Morgan fingerprint density at radius 1 is 1.45 bits per heavy atom. The minimum atomic E-state index is -4.74. The van der Waals surface area contributed by atoms with Crippen LogP contribution in [0.1, 0.15) is 20.3 Å². The van der Waals surface area contributed by atoms with Crippen LogP contribution in [-0.2, 0) is 9.09 Å². The van der Waals surface area contributed by atoms with Crippen molar-refractivity contribution in [3.8, 4) is 0 Å². The van der Waals surface area contributed by atoms with Crippen molar-refractivity contribution >= 4 is 7.82 Å². The monoisotopic (exact) mass is 230 g/mol. The van der Waals surface area contributed by atoms with Gasteiger partial charge in [-0.25, -0.2) is 0 Å². The van der Waals surface area contributed by atoms with Crippen LogP contribution in [0.2, 0.25) is 0 Å². The molecule has 0 spiro atoms. The van der Waals surface area contributed by atoms with Crippen LogP contribution in [0.5, 0.6) is 0 Å². The van der Waals surface area contributed by atoms with E-state index in [1.54, 1.807) is 6.92 Å². The summed E-state index contributed by atoms with van der Waals surface area (Å²) < 4.78 is 13.9. The molecule has 0 radical (unpaired) electrons. The fraction of sp³-hybridized carbons (Fsp3) is 1.00. The molecule has 4 nitrogen and oxygen atoms in total. The maximum atomic E-state index is 9.85. The van der Waals surface area contributed by atoms with Gasteiger partial charge in [-0.15, -0.1) is 0 Å². The van der Waals surface area contributed by atoms with Crippen LogP contribution in [0.25, 0.3) is 0 Å². The molecule has 0 bridgehead atoms. The van der Waals surface area contributed by atoms with Gasteiger partial charge in [0.25, 0.3) is 0 Å². The SMILES string of the molecule is CCC(C)OP(=O)([O-])[O-].[K+].[K+]. The summed E-state index contributed by atoms with van der Waals surface area (Å²) in [5.41, 5.74) is 0. The van der Waals surface area contributed by atoms with Crippen LogP contribution in [0.15, 0.2) is 0 Å². The Morgan fingerprint density at radius 3 is 1.91 bits per heavy atom. The van der Waals surface area contributed by atoms with E-state index in [0.717, 1.165) is 0 Å². The summed E-state index contributed by atoms with van der Waals surface area (Å²) >= 11 is 0. The molecular formula is C4H9K2O4P. The maximum absolute atomic E-state index is 9.85. The molecular weight excluding hydrogens is 221 g/mol. The Labute approximate surface area is 152 Å². The van der Waals surface area contributed by atoms with Crippen LogP contribution in [0.3, 0.4) is 0 Å². The van der Waals surface area contributed by atoms with Crippen molar-refractivity contribution < 1.29 is 122 Å². The van der Waals surface area contributed by atoms with E-state index in [9.17, 15) is 14.4 Å². The largest absolute Gasteiger partial charge is 1.00 e. The van der Waals surface area contributed by atoms with Gasteiger partial charge in [0, 0.05) is 0 Å². The Bertz CT molecular complexity index is 125. The number of phosphoric acid groups is 1. The first-order valence-corrected chi connectivity index (χ1v) is 4.12. The predicted molar refractivity (Wildman–Crippen MR) is 28.4 cm³/mol. The molecule has 0 aromatic rings. The van der Waals surface area contributed by atoms with Gasteiger partial charge in [-0.1, -0.05) is 6.92 Å². The Kier molecular flexibility index (Phi) is 17.9. The van der Waals surface area contributed by atoms with Crippen LogP contribution in [0.4, 0.5) is 0 Å². The molecule has 11 heavy (non-hydrogen) atoms. The van der Waals surface area contributed by atoms with E-state index in [0.29, 0.717) is 6.42 Å². The predicted octanol–water partition coefficient (Wildman–Crippen LogP) is -6.36. The van der Waals surface area contributed by atoms with E-state index < -0.39 is 13.9 Å². The second kappa shape index (κ2) is 9.92. The number of rotatable bonds is 3. The summed E-state index contributed by atoms with van der Waals surface area (Å²) in [7, 11) is -4.74. The Morgan fingerprint density at radius 2 is 1.82 bits per heavy atom. The van der Waals surface area contributed by atoms with Gasteiger partial charge in [0.15, 0.2) is 0 Å². The molecule has 0 saturated carbocycles. The first-order chi connectivity index (χ1) is 3.95. The summed E-state index contributed by atoms with van der Waals surface area (Å²) in [6.07, 6.45) is 0.0277. The fourth-order valence-electron chi connectivity index (χ4n) is 0.295. The van der Waals surface area contributed by atoms with Crippen molar-refractivity contribution in [2.24, 2.45) is 0 Å². The van der Waals surface area contributed by atoms with Crippen LogP contribution >= 0.6 is 7.82 Å². The third kappa shape index (κ3) is 16.1. The second-order valence-corrected chi connectivity index (χ2v) is 2.88. The number of phosphoric ester groups is 1. The van der Waals surface area contributed by atoms with Crippen molar-refractivity contribution in [1.82, 2.24) is 0 Å². The third-order valence-electron chi connectivity index (χ3n) is 0.884. The summed E-state index contributed by atoms with van der Waals surface area (Å²) in [4.78, 5) is 19.7. The third-order valence-corrected chi connectivity index (χ3v) is 1.50. The molecule has 1 atom stereocenters. The minimum absolute atomic E-state index is 0. The molecule has 1 unspecified atom stereocenters. The molecule has 0 rings (SSSR count). The molecule has 0 amide bonds. The number of hydrogen-bond donors (Lipinski definition) is 0. The average Bonchev–Trinajstić information content (AvgIpc) is 1.62. The normalized spacial score (nSPS) is 12.7. The zero-order valence-electron chi connectivity index (χ0n) is 7.36. The van der Waals surface area contributed by atoms with Gasteiger partial charge in [-0.2, -0.15) is 0 Å². The minimum Gasteiger partial charge on any atom is -0.790 e. The van der Waals surface area contributed by atoms with Gasteiger partial charge in [0.1, 0.15) is 0 Å². The molecule has 0 fully saturated rings. The van der Waals surface area contributed by atoms with E-state index in [2.05, 4.69) is 4.52 Å². The topological polar surface area (TPSA) is 72.4 Å². The Hall–Kier alpha value is 3.38. The molecule has 56 valence electrons. The summed E-state index contributed by atoms with van der Waals surface area (Å²) in [5, 5.41) is 0. The summed E-state index contributed by atoms with van der Waals surface area (Å²) in [6, 6.07) is 0. The zero-order chi connectivity index (χ0) is 7.49. The molecule has 0 aliphatic rings. The second-order valence-electron chi connectivity index (χ2n) is 1.77. The molecule has 0 aliphatic carbocycles. The standard InChI is InChI=1S/C4H11O4P.2K/c1-3-4(2)8-9(5,6)7;;/h4H,3H2,1-2H3,(H2,5,6,7);;/q;2*+1/p-2. The van der Waals surface area contributed by atoms with Gasteiger partial charge in [-0.3, -0.25) is 0 Å². The summed E-state index contributed by atoms with van der Waals surface area (Å²) in [5.74, 6) is 0. The first kappa shape index (κ1) is 19.9. The molecule has 0 aromatic heterocycles. The smallest absolute Gasteiger partial charge is 0.790 e. The van der Waals surface area contributed by atoms with E-state index >= 15 is 0 Å².